The van der Waals surface area contributed by atoms with Gasteiger partial charge in [0.05, 0.1) is 11.8 Å². The molecule has 182 valence electrons. The average molecular weight is 468 g/mol. The molecule has 0 aromatic carbocycles. The third kappa shape index (κ3) is 5.39. The number of hydrogen-bond acceptors (Lipinski definition) is 7. The summed E-state index contributed by atoms with van der Waals surface area (Å²) in [6.45, 7) is 2.18. The molecule has 3 heterocycles. The van der Waals surface area contributed by atoms with Crippen molar-refractivity contribution < 1.29 is 19.1 Å². The monoisotopic (exact) mass is 467 g/mol. The van der Waals surface area contributed by atoms with Crippen LogP contribution < -0.4 is 5.32 Å². The van der Waals surface area contributed by atoms with E-state index < -0.39 is 5.60 Å². The Hall–Kier alpha value is -2.99. The fraction of sp³-hybridized carbons (Fsp3) is 0.640. The maximum Gasteiger partial charge on any atom is 0.306 e. The van der Waals surface area contributed by atoms with Gasteiger partial charge in [-0.05, 0) is 50.2 Å². The Morgan fingerprint density at radius 1 is 1.29 bits per heavy atom. The van der Waals surface area contributed by atoms with Crippen LogP contribution >= 0.6 is 0 Å². The van der Waals surface area contributed by atoms with Gasteiger partial charge >= 0.3 is 5.97 Å². The van der Waals surface area contributed by atoms with Crippen LogP contribution in [0, 0.1) is 17.2 Å². The van der Waals surface area contributed by atoms with E-state index >= 15 is 0 Å². The van der Waals surface area contributed by atoms with E-state index in [1.165, 1.54) is 25.6 Å². The number of nitriles is 1. The smallest absolute Gasteiger partial charge is 0.306 e. The number of hydrogen-bond donors (Lipinski definition) is 1. The van der Waals surface area contributed by atoms with Crippen molar-refractivity contribution in [3.8, 4) is 6.07 Å². The normalized spacial score (nSPS) is 23.0. The molecule has 1 amide bonds. The number of nitrogens with zero attached hydrogens (tertiary/aromatic N) is 4. The molecular formula is C25H33N5O4. The summed E-state index contributed by atoms with van der Waals surface area (Å²) in [6, 6.07) is 5.88. The van der Waals surface area contributed by atoms with Gasteiger partial charge in [-0.15, -0.1) is 0 Å². The number of unbranched alkanes of at least 4 members (excludes halogenated alkanes) is 1. The lowest BCUT2D eigenvalue weighted by molar-refractivity contribution is -0.150. The molecule has 2 aliphatic rings. The molecule has 1 saturated heterocycles. The largest absolute Gasteiger partial charge is 0.463 e. The molecule has 1 saturated carbocycles. The van der Waals surface area contributed by atoms with Crippen molar-refractivity contribution in [3.05, 3.63) is 24.2 Å². The molecule has 9 heteroatoms. The number of amides is 1. The molecule has 2 atom stereocenters. The third-order valence-electron chi connectivity index (χ3n) is 6.86. The van der Waals surface area contributed by atoms with Crippen LogP contribution in [0.3, 0.4) is 0 Å². The number of aromatic nitrogens is 3. The van der Waals surface area contributed by atoms with Crippen molar-refractivity contribution in [2.24, 2.45) is 5.92 Å². The summed E-state index contributed by atoms with van der Waals surface area (Å²) in [5, 5.41) is 17.2. The first-order chi connectivity index (χ1) is 16.5. The maximum atomic E-state index is 12.3. The molecule has 1 aliphatic carbocycles. The summed E-state index contributed by atoms with van der Waals surface area (Å²) >= 11 is 0. The lowest BCUT2D eigenvalue weighted by atomic mass is 9.87. The van der Waals surface area contributed by atoms with Gasteiger partial charge < -0.3 is 14.8 Å². The van der Waals surface area contributed by atoms with Crippen LogP contribution in [-0.4, -0.2) is 39.2 Å². The van der Waals surface area contributed by atoms with Gasteiger partial charge in [0, 0.05) is 12.8 Å². The first-order valence-electron chi connectivity index (χ1n) is 12.4. The van der Waals surface area contributed by atoms with Gasteiger partial charge in [-0.3, -0.25) is 9.59 Å². The summed E-state index contributed by atoms with van der Waals surface area (Å²) in [5.74, 6) is 0.538. The number of esters is 1. The van der Waals surface area contributed by atoms with Crippen LogP contribution in [0.4, 0.5) is 5.82 Å². The average Bonchev–Trinajstić information content (AvgIpc) is 3.48. The van der Waals surface area contributed by atoms with E-state index in [4.69, 9.17) is 9.47 Å². The predicted octanol–water partition coefficient (Wildman–Crippen LogP) is 4.27. The minimum absolute atomic E-state index is 0.104. The molecule has 2 aromatic rings. The van der Waals surface area contributed by atoms with Crippen molar-refractivity contribution in [2.45, 2.75) is 89.3 Å². The highest BCUT2D eigenvalue weighted by atomic mass is 16.6. The Balaban J connectivity index is 1.41. The summed E-state index contributed by atoms with van der Waals surface area (Å²) < 4.78 is 13.3. The Bertz CT molecular complexity index is 1060. The summed E-state index contributed by atoms with van der Waals surface area (Å²) in [4.78, 5) is 28.7. The van der Waals surface area contributed by atoms with Crippen LogP contribution in [0.5, 0.6) is 0 Å². The lowest BCUT2D eigenvalue weighted by Gasteiger charge is -2.22. The highest BCUT2D eigenvalue weighted by molar-refractivity contribution is 5.93. The standard InChI is InChI=1S/C25H33N5O4/c1-2-3-9-22(31)29-24-20-10-11-21(30(20)28-17-27-24)25(16-26)13-12-19(34-25)15-33-23(32)14-18-7-5-4-6-8-18/h10-11,17-19H,2-9,12-15H2,1H3,(H,27,28,29,31)/t19-,25?/m0/s1. The molecule has 0 radical (unpaired) electrons. The summed E-state index contributed by atoms with van der Waals surface area (Å²) in [5.41, 5.74) is -0.0273. The van der Waals surface area contributed by atoms with Gasteiger partial charge in [0.2, 0.25) is 5.91 Å². The molecule has 34 heavy (non-hydrogen) atoms. The van der Waals surface area contributed by atoms with Gasteiger partial charge in [0.1, 0.15) is 24.5 Å². The highest BCUT2D eigenvalue weighted by Gasteiger charge is 2.45. The predicted molar refractivity (Wildman–Crippen MR) is 125 cm³/mol. The van der Waals surface area contributed by atoms with Crippen molar-refractivity contribution in [3.63, 3.8) is 0 Å². The van der Waals surface area contributed by atoms with Crippen LogP contribution in [0.25, 0.3) is 5.52 Å². The molecule has 1 unspecified atom stereocenters. The van der Waals surface area contributed by atoms with Crippen molar-refractivity contribution >= 4 is 23.2 Å². The highest BCUT2D eigenvalue weighted by Crippen LogP contribution is 2.40. The minimum atomic E-state index is -1.20. The van der Waals surface area contributed by atoms with Crippen LogP contribution in [0.2, 0.25) is 0 Å². The zero-order valence-electron chi connectivity index (χ0n) is 19.8. The number of carbonyl (C=O) groups is 2. The molecule has 0 spiro atoms. The summed E-state index contributed by atoms with van der Waals surface area (Å²) in [6.07, 6.45) is 10.5. The second-order valence-corrected chi connectivity index (χ2v) is 9.38. The molecule has 0 bridgehead atoms. The fourth-order valence-electron chi connectivity index (χ4n) is 4.95. The molecule has 2 fully saturated rings. The van der Waals surface area contributed by atoms with Gasteiger partial charge in [0.15, 0.2) is 11.4 Å². The van der Waals surface area contributed by atoms with Gasteiger partial charge in [0.25, 0.3) is 0 Å². The molecule has 9 nitrogen and oxygen atoms in total. The Morgan fingerprint density at radius 2 is 2.12 bits per heavy atom. The molecule has 4 rings (SSSR count). The second-order valence-electron chi connectivity index (χ2n) is 9.38. The van der Waals surface area contributed by atoms with E-state index in [9.17, 15) is 14.9 Å². The van der Waals surface area contributed by atoms with Crippen LogP contribution in [-0.2, 0) is 24.7 Å². The van der Waals surface area contributed by atoms with E-state index in [-0.39, 0.29) is 24.6 Å². The second kappa shape index (κ2) is 11.0. The molecular weight excluding hydrogens is 434 g/mol. The van der Waals surface area contributed by atoms with Gasteiger partial charge in [-0.1, -0.05) is 32.6 Å². The molecule has 2 aromatic heterocycles. The quantitative estimate of drug-likeness (QED) is 0.547. The van der Waals surface area contributed by atoms with Crippen molar-refractivity contribution in [1.29, 1.82) is 5.26 Å². The SMILES string of the molecule is CCCCC(=O)Nc1ncnn2c(C3(C#N)CC[C@@H](COC(=O)CC4CCCCC4)O3)ccc12. The number of nitrogens with one attached hydrogen (secondary N) is 1. The number of rotatable bonds is 9. The zero-order chi connectivity index (χ0) is 24.0. The minimum Gasteiger partial charge on any atom is -0.463 e. The molecule has 1 N–H and O–H groups in total. The fourth-order valence-corrected chi connectivity index (χ4v) is 4.95. The van der Waals surface area contributed by atoms with Crippen molar-refractivity contribution in [1.82, 2.24) is 14.6 Å². The topological polar surface area (TPSA) is 119 Å². The van der Waals surface area contributed by atoms with E-state index in [2.05, 4.69) is 21.5 Å². The van der Waals surface area contributed by atoms with Gasteiger partial charge in [-0.25, -0.2) is 9.50 Å². The zero-order valence-corrected chi connectivity index (χ0v) is 19.8. The van der Waals surface area contributed by atoms with E-state index in [1.807, 2.05) is 6.92 Å². The van der Waals surface area contributed by atoms with Crippen LogP contribution in [0.15, 0.2) is 18.5 Å². The first kappa shape index (κ1) is 24.1. The van der Waals surface area contributed by atoms with E-state index in [0.29, 0.717) is 48.6 Å². The van der Waals surface area contributed by atoms with E-state index in [1.54, 1.807) is 16.6 Å². The van der Waals surface area contributed by atoms with E-state index in [0.717, 1.165) is 25.7 Å². The van der Waals surface area contributed by atoms with Crippen molar-refractivity contribution in [2.75, 3.05) is 11.9 Å². The van der Waals surface area contributed by atoms with Crippen LogP contribution in [0.1, 0.15) is 83.2 Å². The third-order valence-corrected chi connectivity index (χ3v) is 6.86. The number of ether oxygens (including phenoxy) is 2. The maximum absolute atomic E-state index is 12.3. The Kier molecular flexibility index (Phi) is 7.78. The lowest BCUT2D eigenvalue weighted by Crippen LogP contribution is -2.29. The molecule has 1 aliphatic heterocycles. The number of fused-ring (bicyclic) bond motifs is 1. The number of anilines is 1. The Morgan fingerprint density at radius 3 is 2.88 bits per heavy atom. The van der Waals surface area contributed by atoms with Gasteiger partial charge in [-0.2, -0.15) is 10.4 Å². The first-order valence-corrected chi connectivity index (χ1v) is 12.4. The summed E-state index contributed by atoms with van der Waals surface area (Å²) in [7, 11) is 0. The Labute approximate surface area is 199 Å². The number of carbonyl (C=O) groups excluding carboxylic acids is 2.